The van der Waals surface area contributed by atoms with E-state index in [0.29, 0.717) is 19.5 Å². The van der Waals surface area contributed by atoms with Gasteiger partial charge < -0.3 is 15.7 Å². The van der Waals surface area contributed by atoms with E-state index in [2.05, 4.69) is 0 Å². The van der Waals surface area contributed by atoms with Gasteiger partial charge in [0.15, 0.2) is 0 Å². The standard InChI is InChI=1S/C8H16N2O2/c1-2-6(9)3-8(12)10-4-7(11)5-10/h6-7,11H,2-5,9H2,1H3. The molecule has 1 atom stereocenters. The molecule has 70 valence electrons. The highest BCUT2D eigenvalue weighted by Gasteiger charge is 2.28. The Morgan fingerprint density at radius 1 is 1.75 bits per heavy atom. The largest absolute Gasteiger partial charge is 0.389 e. The van der Waals surface area contributed by atoms with Gasteiger partial charge in [0, 0.05) is 25.6 Å². The summed E-state index contributed by atoms with van der Waals surface area (Å²) < 4.78 is 0. The first kappa shape index (κ1) is 9.48. The van der Waals surface area contributed by atoms with Gasteiger partial charge in [-0.25, -0.2) is 0 Å². The van der Waals surface area contributed by atoms with E-state index in [1.54, 1.807) is 4.90 Å². The van der Waals surface area contributed by atoms with E-state index in [-0.39, 0.29) is 18.1 Å². The smallest absolute Gasteiger partial charge is 0.224 e. The second-order valence-corrected chi connectivity index (χ2v) is 3.32. The average molecular weight is 172 g/mol. The fourth-order valence-electron chi connectivity index (χ4n) is 1.16. The number of carbonyl (C=O) groups excluding carboxylic acids is 1. The van der Waals surface area contributed by atoms with Gasteiger partial charge in [-0.15, -0.1) is 0 Å². The van der Waals surface area contributed by atoms with Crippen molar-refractivity contribution >= 4 is 5.91 Å². The Morgan fingerprint density at radius 2 is 2.33 bits per heavy atom. The van der Waals surface area contributed by atoms with Crippen LogP contribution >= 0.6 is 0 Å². The maximum Gasteiger partial charge on any atom is 0.224 e. The van der Waals surface area contributed by atoms with Crippen molar-refractivity contribution in [3.05, 3.63) is 0 Å². The molecule has 1 saturated heterocycles. The van der Waals surface area contributed by atoms with E-state index in [4.69, 9.17) is 10.8 Å². The Balaban J connectivity index is 2.20. The Labute approximate surface area is 72.3 Å². The maximum atomic E-state index is 11.3. The zero-order chi connectivity index (χ0) is 9.14. The molecule has 0 spiro atoms. The van der Waals surface area contributed by atoms with Gasteiger partial charge in [-0.2, -0.15) is 0 Å². The summed E-state index contributed by atoms with van der Waals surface area (Å²) in [6, 6.07) is -0.0322. The van der Waals surface area contributed by atoms with Crippen LogP contribution < -0.4 is 5.73 Å². The number of aliphatic hydroxyl groups excluding tert-OH is 1. The highest BCUT2D eigenvalue weighted by molar-refractivity contribution is 5.77. The second kappa shape index (κ2) is 3.87. The summed E-state index contributed by atoms with van der Waals surface area (Å²) in [5.74, 6) is 0.0645. The molecular weight excluding hydrogens is 156 g/mol. The SMILES string of the molecule is CCC(N)CC(=O)N1CC(O)C1. The van der Waals surface area contributed by atoms with Gasteiger partial charge in [-0.05, 0) is 6.42 Å². The molecule has 3 N–H and O–H groups in total. The molecule has 1 aliphatic rings. The fourth-order valence-corrected chi connectivity index (χ4v) is 1.16. The Hall–Kier alpha value is -0.610. The Morgan fingerprint density at radius 3 is 2.75 bits per heavy atom. The summed E-state index contributed by atoms with van der Waals surface area (Å²) >= 11 is 0. The van der Waals surface area contributed by atoms with Crippen molar-refractivity contribution in [3.63, 3.8) is 0 Å². The number of hydrogen-bond donors (Lipinski definition) is 2. The van der Waals surface area contributed by atoms with E-state index in [1.807, 2.05) is 6.92 Å². The van der Waals surface area contributed by atoms with E-state index in [1.165, 1.54) is 0 Å². The molecule has 0 aromatic rings. The van der Waals surface area contributed by atoms with Gasteiger partial charge in [0.05, 0.1) is 6.10 Å². The van der Waals surface area contributed by atoms with Crippen LogP contribution in [-0.4, -0.2) is 41.1 Å². The molecule has 1 rings (SSSR count). The normalized spacial score (nSPS) is 20.4. The molecule has 0 saturated carbocycles. The topological polar surface area (TPSA) is 66.6 Å². The summed E-state index contributed by atoms with van der Waals surface area (Å²) in [5.41, 5.74) is 5.62. The summed E-state index contributed by atoms with van der Waals surface area (Å²) in [7, 11) is 0. The number of aliphatic hydroxyl groups is 1. The molecule has 0 aromatic heterocycles. The van der Waals surface area contributed by atoms with E-state index >= 15 is 0 Å². The molecule has 0 aliphatic carbocycles. The maximum absolute atomic E-state index is 11.3. The number of amides is 1. The third-order valence-electron chi connectivity index (χ3n) is 2.18. The van der Waals surface area contributed by atoms with Crippen molar-refractivity contribution in [1.29, 1.82) is 0 Å². The van der Waals surface area contributed by atoms with E-state index in [9.17, 15) is 4.79 Å². The number of hydrogen-bond acceptors (Lipinski definition) is 3. The highest BCUT2D eigenvalue weighted by atomic mass is 16.3. The number of nitrogens with zero attached hydrogens (tertiary/aromatic N) is 1. The Kier molecular flexibility index (Phi) is 3.05. The average Bonchev–Trinajstić information content (AvgIpc) is 1.98. The van der Waals surface area contributed by atoms with Gasteiger partial charge in [0.1, 0.15) is 0 Å². The third-order valence-corrected chi connectivity index (χ3v) is 2.18. The van der Waals surface area contributed by atoms with Crippen LogP contribution in [0.3, 0.4) is 0 Å². The van der Waals surface area contributed by atoms with Crippen LogP contribution in [0.5, 0.6) is 0 Å². The molecule has 1 aliphatic heterocycles. The first-order chi connectivity index (χ1) is 5.63. The van der Waals surface area contributed by atoms with Crippen LogP contribution in [0, 0.1) is 0 Å². The molecule has 1 amide bonds. The zero-order valence-electron chi connectivity index (χ0n) is 7.36. The van der Waals surface area contributed by atoms with Gasteiger partial charge in [0.25, 0.3) is 0 Å². The van der Waals surface area contributed by atoms with Gasteiger partial charge >= 0.3 is 0 Å². The van der Waals surface area contributed by atoms with E-state index < -0.39 is 0 Å². The molecular formula is C8H16N2O2. The van der Waals surface area contributed by atoms with Crippen molar-refractivity contribution in [1.82, 2.24) is 4.90 Å². The molecule has 12 heavy (non-hydrogen) atoms. The summed E-state index contributed by atoms with van der Waals surface area (Å²) in [5, 5.41) is 8.93. The van der Waals surface area contributed by atoms with Gasteiger partial charge in [0.2, 0.25) is 5.91 Å². The van der Waals surface area contributed by atoms with Crippen molar-refractivity contribution in [2.75, 3.05) is 13.1 Å². The van der Waals surface area contributed by atoms with Crippen LogP contribution in [0.1, 0.15) is 19.8 Å². The summed E-state index contributed by atoms with van der Waals surface area (Å²) in [4.78, 5) is 12.9. The number of carbonyl (C=O) groups is 1. The van der Waals surface area contributed by atoms with E-state index in [0.717, 1.165) is 6.42 Å². The van der Waals surface area contributed by atoms with Crippen molar-refractivity contribution in [2.45, 2.75) is 31.9 Å². The quantitative estimate of drug-likeness (QED) is 0.592. The minimum absolute atomic E-state index is 0.0322. The van der Waals surface area contributed by atoms with Gasteiger partial charge in [-0.3, -0.25) is 4.79 Å². The second-order valence-electron chi connectivity index (χ2n) is 3.32. The van der Waals surface area contributed by atoms with Crippen molar-refractivity contribution in [2.24, 2.45) is 5.73 Å². The summed E-state index contributed by atoms with van der Waals surface area (Å²) in [6.45, 7) is 2.92. The Bertz CT molecular complexity index is 166. The van der Waals surface area contributed by atoms with Crippen LogP contribution in [-0.2, 0) is 4.79 Å². The number of likely N-dealkylation sites (tertiary alicyclic amines) is 1. The molecule has 4 heteroatoms. The van der Waals surface area contributed by atoms with Crippen LogP contribution in [0.25, 0.3) is 0 Å². The molecule has 1 unspecified atom stereocenters. The lowest BCUT2D eigenvalue weighted by Crippen LogP contribution is -2.54. The lowest BCUT2D eigenvalue weighted by atomic mass is 10.1. The first-order valence-electron chi connectivity index (χ1n) is 4.35. The number of rotatable bonds is 3. The lowest BCUT2D eigenvalue weighted by Gasteiger charge is -2.36. The van der Waals surface area contributed by atoms with Crippen LogP contribution in [0.4, 0.5) is 0 Å². The van der Waals surface area contributed by atoms with Gasteiger partial charge in [-0.1, -0.05) is 6.92 Å². The minimum atomic E-state index is -0.313. The predicted molar refractivity (Wildman–Crippen MR) is 45.5 cm³/mol. The van der Waals surface area contributed by atoms with Crippen LogP contribution in [0.2, 0.25) is 0 Å². The molecule has 1 fully saturated rings. The molecule has 1 heterocycles. The third kappa shape index (κ3) is 2.19. The van der Waals surface area contributed by atoms with Crippen molar-refractivity contribution in [3.8, 4) is 0 Å². The van der Waals surface area contributed by atoms with Crippen molar-refractivity contribution < 1.29 is 9.90 Å². The number of β-amino-alcohol motifs (C(OH)–C–C–N with tert-alkyl or cyclic N) is 1. The predicted octanol–water partition coefficient (Wildman–Crippen LogP) is -0.683. The number of nitrogens with two attached hydrogens (primary N) is 1. The zero-order valence-corrected chi connectivity index (χ0v) is 7.36. The van der Waals surface area contributed by atoms with Crippen LogP contribution in [0.15, 0.2) is 0 Å². The highest BCUT2D eigenvalue weighted by Crippen LogP contribution is 2.10. The fraction of sp³-hybridized carbons (Fsp3) is 0.875. The lowest BCUT2D eigenvalue weighted by molar-refractivity contribution is -0.141. The molecule has 0 radical (unpaired) electrons. The monoisotopic (exact) mass is 172 g/mol. The molecule has 4 nitrogen and oxygen atoms in total. The first-order valence-corrected chi connectivity index (χ1v) is 4.35. The minimum Gasteiger partial charge on any atom is -0.389 e. The summed E-state index contributed by atoms with van der Waals surface area (Å²) in [6.07, 6.45) is 0.914. The molecule has 0 aromatic carbocycles. The molecule has 0 bridgehead atoms.